The van der Waals surface area contributed by atoms with E-state index in [4.69, 9.17) is 0 Å². The Bertz CT molecular complexity index is 844. The van der Waals surface area contributed by atoms with Gasteiger partial charge in [-0.3, -0.25) is 9.89 Å². The fourth-order valence-corrected chi connectivity index (χ4v) is 3.73. The number of likely N-dealkylation sites (tertiary alicyclic amines) is 1. The molecule has 1 aliphatic heterocycles. The monoisotopic (exact) mass is 334 g/mol. The molecule has 7 nitrogen and oxygen atoms in total. The van der Waals surface area contributed by atoms with Crippen LogP contribution in [-0.4, -0.2) is 53.8 Å². The summed E-state index contributed by atoms with van der Waals surface area (Å²) >= 11 is 0. The number of hydrogen-bond acceptors (Lipinski definition) is 5. The molecule has 0 bridgehead atoms. The molecule has 0 radical (unpaired) electrons. The van der Waals surface area contributed by atoms with Crippen molar-refractivity contribution in [3.63, 3.8) is 0 Å². The van der Waals surface area contributed by atoms with Crippen molar-refractivity contribution in [3.8, 4) is 0 Å². The second-order valence-corrected chi connectivity index (χ2v) is 7.81. The number of pyridine rings is 1. The van der Waals surface area contributed by atoms with Crippen molar-refractivity contribution in [2.75, 3.05) is 19.3 Å². The normalized spacial score (nSPS) is 18.3. The highest BCUT2D eigenvalue weighted by atomic mass is 32.2. The van der Waals surface area contributed by atoms with Crippen LogP contribution < -0.4 is 0 Å². The Balaban J connectivity index is 1.79. The number of carbonyl (C=O) groups excluding carboxylic acids is 1. The van der Waals surface area contributed by atoms with Crippen LogP contribution in [0.3, 0.4) is 0 Å². The molecular weight excluding hydrogens is 316 g/mol. The lowest BCUT2D eigenvalue weighted by molar-refractivity contribution is 0.0784. The van der Waals surface area contributed by atoms with E-state index in [1.165, 1.54) is 6.20 Å². The highest BCUT2D eigenvalue weighted by Crippen LogP contribution is 2.30. The zero-order chi connectivity index (χ0) is 16.6. The van der Waals surface area contributed by atoms with Gasteiger partial charge in [0, 0.05) is 31.0 Å². The molecule has 1 saturated heterocycles. The first-order valence-electron chi connectivity index (χ1n) is 7.32. The summed E-state index contributed by atoms with van der Waals surface area (Å²) < 4.78 is 23.6. The molecule has 0 aliphatic carbocycles. The molecule has 0 aromatic carbocycles. The van der Waals surface area contributed by atoms with Crippen LogP contribution in [0.4, 0.5) is 0 Å². The fraction of sp³-hybridized carbons (Fsp3) is 0.400. The first-order valence-corrected chi connectivity index (χ1v) is 9.21. The maximum atomic E-state index is 12.5. The summed E-state index contributed by atoms with van der Waals surface area (Å²) in [5.74, 6) is -0.187. The van der Waals surface area contributed by atoms with Crippen molar-refractivity contribution in [1.82, 2.24) is 20.1 Å². The van der Waals surface area contributed by atoms with Gasteiger partial charge in [0.25, 0.3) is 5.91 Å². The van der Waals surface area contributed by atoms with Gasteiger partial charge in [-0.25, -0.2) is 13.4 Å². The smallest absolute Gasteiger partial charge is 0.272 e. The molecule has 0 saturated carbocycles. The first kappa shape index (κ1) is 15.7. The van der Waals surface area contributed by atoms with E-state index in [0.29, 0.717) is 30.9 Å². The van der Waals surface area contributed by atoms with E-state index >= 15 is 0 Å². The summed E-state index contributed by atoms with van der Waals surface area (Å²) in [6.45, 7) is 2.87. The highest BCUT2D eigenvalue weighted by Gasteiger charge is 2.32. The standard InChI is InChI=1S/C15H18N4O3S/c1-10-4-3-5-12(17-10)15(20)19-7-6-11(9-19)14-13(8-16-18-14)23(2,21)22/h3-5,8,11H,6-7,9H2,1-2H3,(H,16,18)/t11-/m1/s1. The Morgan fingerprint density at radius 3 is 2.87 bits per heavy atom. The van der Waals surface area contributed by atoms with E-state index in [1.807, 2.05) is 13.0 Å². The van der Waals surface area contributed by atoms with Crippen LogP contribution in [0.15, 0.2) is 29.3 Å². The number of aryl methyl sites for hydroxylation is 1. The van der Waals surface area contributed by atoms with Crippen LogP contribution in [0.2, 0.25) is 0 Å². The Kier molecular flexibility index (Phi) is 3.93. The van der Waals surface area contributed by atoms with E-state index in [2.05, 4.69) is 15.2 Å². The molecule has 2 aromatic rings. The second kappa shape index (κ2) is 5.77. The van der Waals surface area contributed by atoms with Crippen LogP contribution in [-0.2, 0) is 9.84 Å². The Hall–Kier alpha value is -2.22. The Morgan fingerprint density at radius 2 is 2.17 bits per heavy atom. The van der Waals surface area contributed by atoms with Gasteiger partial charge in [0.2, 0.25) is 0 Å². The van der Waals surface area contributed by atoms with Crippen molar-refractivity contribution < 1.29 is 13.2 Å². The minimum absolute atomic E-state index is 0.0593. The number of amides is 1. The molecule has 1 atom stereocenters. The summed E-state index contributed by atoms with van der Waals surface area (Å²) in [6, 6.07) is 5.34. The number of hydrogen-bond donors (Lipinski definition) is 1. The van der Waals surface area contributed by atoms with Crippen LogP contribution in [0, 0.1) is 6.92 Å². The van der Waals surface area contributed by atoms with Gasteiger partial charge in [-0.05, 0) is 25.5 Å². The van der Waals surface area contributed by atoms with Gasteiger partial charge < -0.3 is 4.90 Å². The largest absolute Gasteiger partial charge is 0.337 e. The highest BCUT2D eigenvalue weighted by molar-refractivity contribution is 7.90. The van der Waals surface area contributed by atoms with Gasteiger partial charge >= 0.3 is 0 Å². The van der Waals surface area contributed by atoms with E-state index < -0.39 is 9.84 Å². The summed E-state index contributed by atoms with van der Waals surface area (Å²) in [5, 5.41) is 6.63. The van der Waals surface area contributed by atoms with Gasteiger partial charge in [-0.15, -0.1) is 0 Å². The molecule has 1 N–H and O–H groups in total. The van der Waals surface area contributed by atoms with Crippen molar-refractivity contribution in [1.29, 1.82) is 0 Å². The second-order valence-electron chi connectivity index (χ2n) is 5.82. The van der Waals surface area contributed by atoms with Gasteiger partial charge in [-0.1, -0.05) is 6.07 Å². The molecule has 3 heterocycles. The molecule has 0 unspecified atom stereocenters. The number of rotatable bonds is 3. The zero-order valence-corrected chi connectivity index (χ0v) is 13.8. The van der Waals surface area contributed by atoms with E-state index in [0.717, 1.165) is 11.9 Å². The molecule has 8 heteroatoms. The third-order valence-electron chi connectivity index (χ3n) is 4.02. The van der Waals surface area contributed by atoms with Crippen molar-refractivity contribution in [2.24, 2.45) is 0 Å². The number of H-pyrrole nitrogens is 1. The zero-order valence-electron chi connectivity index (χ0n) is 13.0. The van der Waals surface area contributed by atoms with E-state index in [9.17, 15) is 13.2 Å². The molecule has 23 heavy (non-hydrogen) atoms. The molecule has 3 rings (SSSR count). The van der Waals surface area contributed by atoms with E-state index in [1.54, 1.807) is 17.0 Å². The lowest BCUT2D eigenvalue weighted by atomic mass is 10.1. The number of nitrogens with zero attached hydrogens (tertiary/aromatic N) is 3. The number of sulfone groups is 1. The molecular formula is C15H18N4O3S. The van der Waals surface area contributed by atoms with Crippen LogP contribution in [0.1, 0.15) is 34.2 Å². The summed E-state index contributed by atoms with van der Waals surface area (Å²) in [5.41, 5.74) is 1.79. The quantitative estimate of drug-likeness (QED) is 0.908. The van der Waals surface area contributed by atoms with E-state index in [-0.39, 0.29) is 16.7 Å². The minimum Gasteiger partial charge on any atom is -0.337 e. The third kappa shape index (κ3) is 3.12. The van der Waals surface area contributed by atoms with Crippen molar-refractivity contribution in [3.05, 3.63) is 41.5 Å². The predicted octanol–water partition coefficient (Wildman–Crippen LogP) is 1.15. The van der Waals surface area contributed by atoms with Crippen LogP contribution in [0.5, 0.6) is 0 Å². The van der Waals surface area contributed by atoms with Gasteiger partial charge in [0.1, 0.15) is 10.6 Å². The van der Waals surface area contributed by atoms with Gasteiger partial charge in [0.15, 0.2) is 9.84 Å². The summed E-state index contributed by atoms with van der Waals surface area (Å²) in [4.78, 5) is 18.7. The predicted molar refractivity (Wildman–Crippen MR) is 83.9 cm³/mol. The molecule has 1 amide bonds. The molecule has 2 aromatic heterocycles. The number of aromatic amines is 1. The SMILES string of the molecule is Cc1cccc(C(=O)N2CC[C@@H](c3[nH]ncc3S(C)(=O)=O)C2)n1. The maximum absolute atomic E-state index is 12.5. The maximum Gasteiger partial charge on any atom is 0.272 e. The Labute approximate surface area is 134 Å². The first-order chi connectivity index (χ1) is 10.9. The average molecular weight is 334 g/mol. The summed E-state index contributed by atoms with van der Waals surface area (Å²) in [7, 11) is -3.33. The van der Waals surface area contributed by atoms with Gasteiger partial charge in [0.05, 0.1) is 11.9 Å². The number of aromatic nitrogens is 3. The molecule has 0 spiro atoms. The molecule has 1 aliphatic rings. The Morgan fingerprint density at radius 1 is 1.39 bits per heavy atom. The molecule has 122 valence electrons. The van der Waals surface area contributed by atoms with Crippen LogP contribution >= 0.6 is 0 Å². The fourth-order valence-electron chi connectivity index (χ4n) is 2.88. The lowest BCUT2D eigenvalue weighted by Crippen LogP contribution is -2.29. The topological polar surface area (TPSA) is 96.0 Å². The van der Waals surface area contributed by atoms with Crippen molar-refractivity contribution in [2.45, 2.75) is 24.2 Å². The number of nitrogens with one attached hydrogen (secondary N) is 1. The third-order valence-corrected chi connectivity index (χ3v) is 5.15. The van der Waals surface area contributed by atoms with Gasteiger partial charge in [-0.2, -0.15) is 5.10 Å². The molecule has 1 fully saturated rings. The minimum atomic E-state index is -3.33. The number of carbonyl (C=O) groups is 1. The lowest BCUT2D eigenvalue weighted by Gasteiger charge is -2.16. The van der Waals surface area contributed by atoms with Crippen molar-refractivity contribution >= 4 is 15.7 Å². The summed E-state index contributed by atoms with van der Waals surface area (Å²) in [6.07, 6.45) is 3.19. The average Bonchev–Trinajstić information content (AvgIpc) is 3.14. The van der Waals surface area contributed by atoms with Crippen LogP contribution in [0.25, 0.3) is 0 Å².